The van der Waals surface area contributed by atoms with E-state index in [-0.39, 0.29) is 47.3 Å². The van der Waals surface area contributed by atoms with Gasteiger partial charge in [-0.15, -0.1) is 23.1 Å². The highest BCUT2D eigenvalue weighted by molar-refractivity contribution is 8.00. The summed E-state index contributed by atoms with van der Waals surface area (Å²) in [4.78, 5) is 68.7. The monoisotopic (exact) mass is 666 g/mol. The zero-order valence-electron chi connectivity index (χ0n) is 24.6. The Morgan fingerprint density at radius 3 is 2.61 bits per heavy atom. The second-order valence-corrected chi connectivity index (χ2v) is 13.9. The van der Waals surface area contributed by atoms with Gasteiger partial charge in [-0.1, -0.05) is 6.07 Å². The van der Waals surface area contributed by atoms with E-state index in [1.54, 1.807) is 6.07 Å². The number of nitrogens with one attached hydrogen (secondary N) is 3. The number of halogens is 1. The molecule has 15 heteroatoms. The third-order valence-corrected chi connectivity index (χ3v) is 10.9. The number of carbonyl (C=O) groups is 4. The lowest BCUT2D eigenvalue weighted by molar-refractivity contribution is -0.150. The number of rotatable bonds is 9. The molecule has 46 heavy (non-hydrogen) atoms. The third-order valence-electron chi connectivity index (χ3n) is 8.69. The van der Waals surface area contributed by atoms with Crippen LogP contribution < -0.4 is 26.3 Å². The molecule has 2 saturated heterocycles. The van der Waals surface area contributed by atoms with Crippen molar-refractivity contribution in [1.82, 2.24) is 25.4 Å². The molecule has 12 nitrogen and oxygen atoms in total. The molecule has 7 rings (SSSR count). The summed E-state index contributed by atoms with van der Waals surface area (Å²) in [6.07, 6.45) is 3.37. The van der Waals surface area contributed by atoms with E-state index in [2.05, 4.69) is 16.0 Å². The van der Waals surface area contributed by atoms with Crippen LogP contribution in [0.25, 0.3) is 10.9 Å². The zero-order chi connectivity index (χ0) is 32.1. The predicted octanol–water partition coefficient (Wildman–Crippen LogP) is 1.66. The van der Waals surface area contributed by atoms with Gasteiger partial charge in [0.2, 0.25) is 11.3 Å². The summed E-state index contributed by atoms with van der Waals surface area (Å²) < 4.78 is 17.2. The number of anilines is 1. The first-order chi connectivity index (χ1) is 22.2. The third kappa shape index (κ3) is 5.56. The molecular formula is C31H31FN6O6S2. The molecule has 1 aliphatic carbocycles. The molecule has 2 aromatic heterocycles. The van der Waals surface area contributed by atoms with Crippen LogP contribution in [0, 0.1) is 5.82 Å². The van der Waals surface area contributed by atoms with Crippen LogP contribution in [-0.4, -0.2) is 88.2 Å². The fourth-order valence-electron chi connectivity index (χ4n) is 6.22. The Hall–Kier alpha value is -4.21. The minimum Gasteiger partial charge on any atom is -0.477 e. The van der Waals surface area contributed by atoms with Crippen LogP contribution in [0.15, 0.2) is 51.9 Å². The Bertz CT molecular complexity index is 1850. The normalized spacial score (nSPS) is 21.2. The number of thiophene rings is 1. The molecule has 0 unspecified atom stereocenters. The summed E-state index contributed by atoms with van der Waals surface area (Å²) >= 11 is 2.72. The standard InChI is InChI=1S/C31H31FN6O6S2/c32-21-11-19-22(12-23(21)36-7-5-33-6-8-36)37(17-3-4-17)14-20(27(19)40)28(41)34-13-16-15-46-30-25(29(42)38(30)26(16)31(43)44)35-24(39)10-18-2-1-9-45-18/h1-2,9,11-12,14,17,25,30,33H,3-8,10,13,15H2,(H,34,41)(H,35,39)(H,43,44)/t25-,30+/m0/s1. The van der Waals surface area contributed by atoms with Crippen molar-refractivity contribution in [2.75, 3.05) is 43.4 Å². The lowest BCUT2D eigenvalue weighted by atomic mass is 10.0. The summed E-state index contributed by atoms with van der Waals surface area (Å²) in [6, 6.07) is 5.78. The summed E-state index contributed by atoms with van der Waals surface area (Å²) in [5, 5.41) is 20.0. The average Bonchev–Trinajstić information content (AvgIpc) is 3.77. The van der Waals surface area contributed by atoms with Crippen LogP contribution >= 0.6 is 23.1 Å². The van der Waals surface area contributed by atoms with E-state index in [1.807, 2.05) is 27.0 Å². The maximum atomic E-state index is 15.3. The van der Waals surface area contributed by atoms with Crippen LogP contribution in [0.3, 0.4) is 0 Å². The molecule has 240 valence electrons. The maximum absolute atomic E-state index is 15.3. The number of amides is 3. The first-order valence-electron chi connectivity index (χ1n) is 15.0. The molecule has 1 saturated carbocycles. The molecular weight excluding hydrogens is 636 g/mol. The molecule has 2 atom stereocenters. The van der Waals surface area contributed by atoms with Crippen molar-refractivity contribution in [3.63, 3.8) is 0 Å². The molecule has 0 radical (unpaired) electrons. The molecule has 4 N–H and O–H groups in total. The van der Waals surface area contributed by atoms with Crippen molar-refractivity contribution < 1.29 is 28.7 Å². The van der Waals surface area contributed by atoms with Crippen LogP contribution in [0.2, 0.25) is 0 Å². The predicted molar refractivity (Wildman–Crippen MR) is 172 cm³/mol. The van der Waals surface area contributed by atoms with Gasteiger partial charge in [-0.2, -0.15) is 0 Å². The van der Waals surface area contributed by atoms with Crippen molar-refractivity contribution in [2.24, 2.45) is 0 Å². The first-order valence-corrected chi connectivity index (χ1v) is 17.0. The van der Waals surface area contributed by atoms with Crippen LogP contribution in [-0.2, 0) is 20.8 Å². The Labute approximate surface area is 270 Å². The lowest BCUT2D eigenvalue weighted by Crippen LogP contribution is -2.70. The van der Waals surface area contributed by atoms with Crippen molar-refractivity contribution in [2.45, 2.75) is 36.7 Å². The Morgan fingerprint density at radius 2 is 1.91 bits per heavy atom. The number of carbonyl (C=O) groups excluding carboxylic acids is 3. The van der Waals surface area contributed by atoms with Gasteiger partial charge in [0.1, 0.15) is 28.5 Å². The number of β-lactam (4-membered cyclic amide) rings is 1. The summed E-state index contributed by atoms with van der Waals surface area (Å²) in [7, 11) is 0. The highest BCUT2D eigenvalue weighted by atomic mass is 32.2. The van der Waals surface area contributed by atoms with Crippen molar-refractivity contribution >= 4 is 63.4 Å². The minimum absolute atomic E-state index is 0.0835. The van der Waals surface area contributed by atoms with Gasteiger partial charge in [-0.05, 0) is 42.0 Å². The van der Waals surface area contributed by atoms with Crippen molar-refractivity contribution in [3.8, 4) is 0 Å². The van der Waals surface area contributed by atoms with Gasteiger partial charge in [0, 0.05) is 61.0 Å². The number of aromatic nitrogens is 1. The summed E-state index contributed by atoms with van der Waals surface area (Å²) in [5.41, 5.74) is 0.271. The second kappa shape index (κ2) is 12.2. The molecule has 3 amide bonds. The van der Waals surface area contributed by atoms with Crippen LogP contribution in [0.4, 0.5) is 10.1 Å². The number of fused-ring (bicyclic) bond motifs is 2. The van der Waals surface area contributed by atoms with Gasteiger partial charge in [0.05, 0.1) is 17.6 Å². The Balaban J connectivity index is 1.10. The molecule has 3 aromatic rings. The van der Waals surface area contributed by atoms with Gasteiger partial charge in [0.15, 0.2) is 0 Å². The number of carboxylic acid groups (broad SMARTS) is 1. The number of pyridine rings is 1. The smallest absolute Gasteiger partial charge is 0.352 e. The topological polar surface area (TPSA) is 153 Å². The van der Waals surface area contributed by atoms with E-state index < -0.39 is 40.4 Å². The second-order valence-electron chi connectivity index (χ2n) is 11.7. The first kappa shape index (κ1) is 30.4. The Kier molecular flexibility index (Phi) is 8.07. The van der Waals surface area contributed by atoms with Crippen molar-refractivity contribution in [1.29, 1.82) is 0 Å². The van der Waals surface area contributed by atoms with Gasteiger partial charge in [-0.25, -0.2) is 9.18 Å². The summed E-state index contributed by atoms with van der Waals surface area (Å²) in [6.45, 7) is 2.51. The number of aliphatic carboxylic acids is 1. The molecule has 4 aliphatic rings. The van der Waals surface area contributed by atoms with Gasteiger partial charge in [-0.3, -0.25) is 24.1 Å². The average molecular weight is 667 g/mol. The number of nitrogens with zero attached hydrogens (tertiary/aromatic N) is 3. The minimum atomic E-state index is -1.33. The molecule has 3 fully saturated rings. The van der Waals surface area contributed by atoms with E-state index in [0.29, 0.717) is 29.9 Å². The number of thioether (sulfide) groups is 1. The number of hydrogen-bond donors (Lipinski definition) is 4. The van der Waals surface area contributed by atoms with E-state index in [4.69, 9.17) is 0 Å². The van der Waals surface area contributed by atoms with E-state index in [0.717, 1.165) is 35.7 Å². The van der Waals surface area contributed by atoms with Gasteiger partial charge >= 0.3 is 5.97 Å². The molecule has 5 heterocycles. The SMILES string of the molecule is O=C(Cc1cccs1)N[C@H]1C(=O)N2C(C(=O)O)=C(CNC(=O)c3cn(C4CC4)c4cc(N5CCNCC5)c(F)cc4c3=O)CS[C@H]12. The number of benzene rings is 1. The maximum Gasteiger partial charge on any atom is 0.352 e. The molecule has 3 aliphatic heterocycles. The fraction of sp³-hybridized carbons (Fsp3) is 0.387. The van der Waals surface area contributed by atoms with Crippen LogP contribution in [0.5, 0.6) is 0 Å². The summed E-state index contributed by atoms with van der Waals surface area (Å²) in [5.74, 6) is -3.25. The molecule has 0 spiro atoms. The number of piperazine rings is 1. The van der Waals surface area contributed by atoms with Crippen molar-refractivity contribution in [3.05, 3.63) is 73.6 Å². The quantitative estimate of drug-likeness (QED) is 0.250. The highest BCUT2D eigenvalue weighted by Crippen LogP contribution is 2.41. The number of hydrogen-bond acceptors (Lipinski definition) is 9. The Morgan fingerprint density at radius 1 is 1.13 bits per heavy atom. The molecule has 0 bridgehead atoms. The van der Waals surface area contributed by atoms with Crippen LogP contribution in [0.1, 0.15) is 34.1 Å². The van der Waals surface area contributed by atoms with E-state index >= 15 is 4.39 Å². The molecule has 1 aromatic carbocycles. The number of carboxylic acids is 1. The lowest BCUT2D eigenvalue weighted by Gasteiger charge is -2.49. The van der Waals surface area contributed by atoms with E-state index in [9.17, 15) is 29.1 Å². The highest BCUT2D eigenvalue weighted by Gasteiger charge is 2.54. The van der Waals surface area contributed by atoms with Gasteiger partial charge < -0.3 is 30.5 Å². The largest absolute Gasteiger partial charge is 0.477 e. The van der Waals surface area contributed by atoms with E-state index in [1.165, 1.54) is 35.4 Å². The fourth-order valence-corrected chi connectivity index (χ4v) is 8.27. The van der Waals surface area contributed by atoms with Gasteiger partial charge in [0.25, 0.3) is 11.8 Å². The zero-order valence-corrected chi connectivity index (χ0v) is 26.2.